The summed E-state index contributed by atoms with van der Waals surface area (Å²) in [6.07, 6.45) is 2.85. The Morgan fingerprint density at radius 1 is 1.33 bits per heavy atom. The van der Waals surface area contributed by atoms with Gasteiger partial charge < -0.3 is 28.2 Å². The minimum Gasteiger partial charge on any atom is -0.793 e. The molecule has 1 atom stereocenters. The Kier molecular flexibility index (Phi) is 8.60. The molecular weight excluding hydrogens is 423 g/mol. The van der Waals surface area contributed by atoms with Crippen LogP contribution in [0.15, 0.2) is 18.2 Å². The summed E-state index contributed by atoms with van der Waals surface area (Å²) >= 11 is 5.12. The maximum absolute atomic E-state index is 13.0. The van der Waals surface area contributed by atoms with Gasteiger partial charge in [-0.2, -0.15) is 10.9 Å². The molecule has 1 unspecified atom stereocenters. The zero-order valence-corrected chi connectivity index (χ0v) is 21.8. The number of hydrogen-bond donors (Lipinski definition) is 4. The van der Waals surface area contributed by atoms with Crippen molar-refractivity contribution < 1.29 is 56.2 Å². The predicted molar refractivity (Wildman–Crippen MR) is 117 cm³/mol. The SMILES string of the molecule is Cc1[nH]nc(-c2nc3ccc(C(C)CC[S-])cc3[nH]2)c1C(=O)NC1CCNCC1.[K+]. The van der Waals surface area contributed by atoms with Crippen LogP contribution in [0, 0.1) is 6.92 Å². The van der Waals surface area contributed by atoms with E-state index in [0.29, 0.717) is 23.0 Å². The van der Waals surface area contributed by atoms with Gasteiger partial charge in [0.25, 0.3) is 5.91 Å². The van der Waals surface area contributed by atoms with Gasteiger partial charge in [-0.25, -0.2) is 4.98 Å². The van der Waals surface area contributed by atoms with Gasteiger partial charge >= 0.3 is 51.4 Å². The number of nitrogens with one attached hydrogen (secondary N) is 4. The Morgan fingerprint density at radius 3 is 2.83 bits per heavy atom. The van der Waals surface area contributed by atoms with Crippen LogP contribution < -0.4 is 62.0 Å². The summed E-state index contributed by atoms with van der Waals surface area (Å²) in [5.41, 5.74) is 4.90. The number of carbonyl (C=O) groups is 1. The van der Waals surface area contributed by atoms with Gasteiger partial charge in [-0.15, -0.1) is 0 Å². The molecule has 0 spiro atoms. The molecule has 0 aliphatic carbocycles. The molecular formula is C21H27KN6OS. The van der Waals surface area contributed by atoms with E-state index in [4.69, 9.17) is 12.6 Å². The number of aromatic nitrogens is 4. The normalized spacial score (nSPS) is 15.7. The van der Waals surface area contributed by atoms with E-state index in [1.54, 1.807) is 0 Å². The third-order valence-corrected chi connectivity index (χ3v) is 5.93. The van der Waals surface area contributed by atoms with Crippen LogP contribution in [0.1, 0.15) is 53.7 Å². The van der Waals surface area contributed by atoms with E-state index in [9.17, 15) is 4.79 Å². The summed E-state index contributed by atoms with van der Waals surface area (Å²) in [5.74, 6) is 1.66. The number of imidazole rings is 1. The fourth-order valence-electron chi connectivity index (χ4n) is 3.89. The summed E-state index contributed by atoms with van der Waals surface area (Å²) in [5, 5.41) is 13.8. The van der Waals surface area contributed by atoms with E-state index in [1.165, 1.54) is 5.56 Å². The number of nitrogens with zero attached hydrogens (tertiary/aromatic N) is 2. The van der Waals surface area contributed by atoms with E-state index < -0.39 is 0 Å². The quantitative estimate of drug-likeness (QED) is 0.308. The molecule has 9 heteroatoms. The third-order valence-electron chi connectivity index (χ3n) is 5.70. The molecule has 1 aliphatic rings. The van der Waals surface area contributed by atoms with Crippen molar-refractivity contribution in [2.75, 3.05) is 18.8 Å². The second-order valence-electron chi connectivity index (χ2n) is 7.83. The van der Waals surface area contributed by atoms with E-state index >= 15 is 0 Å². The Hall–Kier alpha value is -0.684. The number of piperidine rings is 1. The van der Waals surface area contributed by atoms with Gasteiger partial charge in [-0.1, -0.05) is 19.4 Å². The number of hydrogen-bond acceptors (Lipinski definition) is 5. The van der Waals surface area contributed by atoms with Crippen molar-refractivity contribution in [2.24, 2.45) is 0 Å². The summed E-state index contributed by atoms with van der Waals surface area (Å²) in [6, 6.07) is 6.42. The summed E-state index contributed by atoms with van der Waals surface area (Å²) in [7, 11) is 0. The van der Waals surface area contributed by atoms with E-state index in [1.807, 2.05) is 13.0 Å². The number of rotatable bonds is 6. The van der Waals surface area contributed by atoms with E-state index in [0.717, 1.165) is 54.8 Å². The smallest absolute Gasteiger partial charge is 0.793 e. The van der Waals surface area contributed by atoms with Gasteiger partial charge in [0.1, 0.15) is 5.69 Å². The minimum atomic E-state index is -0.0987. The summed E-state index contributed by atoms with van der Waals surface area (Å²) < 4.78 is 0. The molecule has 7 nitrogen and oxygen atoms in total. The molecule has 1 amide bonds. The molecule has 1 aliphatic heterocycles. The Bertz CT molecular complexity index is 1010. The number of aryl methyl sites for hydroxylation is 1. The molecule has 0 bridgehead atoms. The number of H-pyrrole nitrogens is 2. The number of fused-ring (bicyclic) bond motifs is 1. The van der Waals surface area contributed by atoms with Crippen LogP contribution in [0.3, 0.4) is 0 Å². The molecule has 4 N–H and O–H groups in total. The van der Waals surface area contributed by atoms with Crippen LogP contribution in [0.4, 0.5) is 0 Å². The Labute approximate surface area is 224 Å². The van der Waals surface area contributed by atoms with Crippen molar-refractivity contribution in [3.63, 3.8) is 0 Å². The molecule has 1 aromatic carbocycles. The van der Waals surface area contributed by atoms with Gasteiger partial charge in [0.15, 0.2) is 5.82 Å². The largest absolute Gasteiger partial charge is 1.00 e. The zero-order valence-electron chi connectivity index (χ0n) is 17.8. The van der Waals surface area contributed by atoms with Gasteiger partial charge in [0, 0.05) is 11.7 Å². The number of carbonyl (C=O) groups excluding carboxylic acids is 1. The molecule has 1 fully saturated rings. The van der Waals surface area contributed by atoms with Crippen LogP contribution in [0.25, 0.3) is 22.6 Å². The van der Waals surface area contributed by atoms with Crippen molar-refractivity contribution in [1.82, 2.24) is 30.8 Å². The van der Waals surface area contributed by atoms with Crippen LogP contribution in [-0.2, 0) is 12.6 Å². The van der Waals surface area contributed by atoms with Crippen molar-refractivity contribution >= 4 is 29.6 Å². The van der Waals surface area contributed by atoms with Gasteiger partial charge in [0.2, 0.25) is 0 Å². The number of amides is 1. The predicted octanol–water partition coefficient (Wildman–Crippen LogP) is -0.212. The van der Waals surface area contributed by atoms with Crippen molar-refractivity contribution in [3.05, 3.63) is 35.0 Å². The molecule has 4 rings (SSSR count). The summed E-state index contributed by atoms with van der Waals surface area (Å²) in [4.78, 5) is 21.0. The first kappa shape index (κ1) is 24.0. The molecule has 1 saturated heterocycles. The third kappa shape index (κ3) is 5.20. The van der Waals surface area contributed by atoms with Gasteiger partial charge in [-0.3, -0.25) is 9.89 Å². The molecule has 0 radical (unpaired) electrons. The molecule has 0 saturated carbocycles. The second-order valence-corrected chi connectivity index (χ2v) is 8.23. The van der Waals surface area contributed by atoms with Crippen LogP contribution in [0.5, 0.6) is 0 Å². The average molecular weight is 451 g/mol. The van der Waals surface area contributed by atoms with Crippen molar-refractivity contribution in [3.8, 4) is 11.5 Å². The fraction of sp³-hybridized carbons (Fsp3) is 0.476. The van der Waals surface area contributed by atoms with E-state index in [2.05, 4.69) is 49.9 Å². The Balaban J connectivity index is 0.00000256. The van der Waals surface area contributed by atoms with Crippen molar-refractivity contribution in [1.29, 1.82) is 0 Å². The maximum atomic E-state index is 13.0. The zero-order chi connectivity index (χ0) is 20.4. The molecule has 154 valence electrons. The minimum absolute atomic E-state index is 0. The first-order valence-corrected chi connectivity index (χ1v) is 10.8. The first-order chi connectivity index (χ1) is 14.1. The van der Waals surface area contributed by atoms with Crippen molar-refractivity contribution in [2.45, 2.75) is 45.1 Å². The second kappa shape index (κ2) is 10.8. The maximum Gasteiger partial charge on any atom is 1.00 e. The average Bonchev–Trinajstić information content (AvgIpc) is 3.31. The fourth-order valence-corrected chi connectivity index (χ4v) is 4.25. The van der Waals surface area contributed by atoms with Crippen LogP contribution in [0.2, 0.25) is 0 Å². The standard InChI is InChI=1S/C21H28N6OS.K/c1-12(7-10-29)14-3-4-16-17(11-14)25-20(24-16)19-18(13(2)26-27-19)21(28)23-15-5-8-22-9-6-15;/h3-4,11-12,15,22,29H,5-10H2,1-2H3,(H,23,28)(H,24,25)(H,26,27);/q;+1/p-1. The van der Waals surface area contributed by atoms with E-state index in [-0.39, 0.29) is 63.3 Å². The first-order valence-electron chi connectivity index (χ1n) is 10.2. The topological polar surface area (TPSA) is 98.5 Å². The van der Waals surface area contributed by atoms with Crippen LogP contribution in [-0.4, -0.2) is 51.0 Å². The summed E-state index contributed by atoms with van der Waals surface area (Å²) in [6.45, 7) is 5.91. The molecule has 30 heavy (non-hydrogen) atoms. The number of aromatic amines is 2. The monoisotopic (exact) mass is 450 g/mol. The number of benzene rings is 1. The molecule has 2 aromatic heterocycles. The molecule has 3 heterocycles. The van der Waals surface area contributed by atoms with Gasteiger partial charge in [-0.05, 0) is 56.5 Å². The Morgan fingerprint density at radius 2 is 2.10 bits per heavy atom. The van der Waals surface area contributed by atoms with Crippen LogP contribution >= 0.6 is 0 Å². The van der Waals surface area contributed by atoms with Gasteiger partial charge in [0.05, 0.1) is 16.6 Å². The molecule has 3 aromatic rings.